The lowest BCUT2D eigenvalue weighted by atomic mass is 9.59. The highest BCUT2D eigenvalue weighted by atomic mass is 19.3. The number of likely N-dealkylation sites (tertiary alicyclic amines) is 1. The van der Waals surface area contributed by atoms with Gasteiger partial charge in [-0.05, 0) is 78.8 Å². The number of hydrogen-bond donors (Lipinski definition) is 4. The topological polar surface area (TPSA) is 95.5 Å². The molecule has 3 aromatic rings. The summed E-state index contributed by atoms with van der Waals surface area (Å²) < 4.78 is 28.1. The highest BCUT2D eigenvalue weighted by molar-refractivity contribution is 5.98. The Balaban J connectivity index is 1.36. The van der Waals surface area contributed by atoms with Crippen molar-refractivity contribution < 1.29 is 8.78 Å². The molecule has 2 heterocycles. The van der Waals surface area contributed by atoms with E-state index in [2.05, 4.69) is 51.6 Å². The fourth-order valence-corrected chi connectivity index (χ4v) is 6.75. The molecule has 1 aliphatic heterocycles. The quantitative estimate of drug-likeness (QED) is 0.171. The fourth-order valence-electron chi connectivity index (χ4n) is 6.75. The molecule has 6 nitrogen and oxygen atoms in total. The van der Waals surface area contributed by atoms with Gasteiger partial charge in [0.05, 0.1) is 0 Å². The summed E-state index contributed by atoms with van der Waals surface area (Å²) in [5.41, 5.74) is 9.50. The molecule has 1 aromatic heterocycles. The van der Waals surface area contributed by atoms with Gasteiger partial charge in [0, 0.05) is 48.1 Å². The van der Waals surface area contributed by atoms with Gasteiger partial charge in [-0.25, -0.2) is 14.6 Å². The summed E-state index contributed by atoms with van der Waals surface area (Å²) in [6.45, 7) is 3.81. The molecule has 6 rings (SSSR count). The minimum absolute atomic E-state index is 0.00338. The third kappa shape index (κ3) is 4.06. The molecule has 190 valence electrons. The number of nitrogens with zero attached hydrogens (tertiary/aromatic N) is 2. The third-order valence-electron chi connectivity index (χ3n) is 8.66. The van der Waals surface area contributed by atoms with Crippen molar-refractivity contribution in [2.24, 2.45) is 22.2 Å². The summed E-state index contributed by atoms with van der Waals surface area (Å²) in [5.74, 6) is 9.50. The number of halogens is 2. The van der Waals surface area contributed by atoms with E-state index >= 15 is 0 Å². The first-order chi connectivity index (χ1) is 17.3. The average molecular weight is 493 g/mol. The first kappa shape index (κ1) is 23.4. The number of aromatic amines is 1. The second kappa shape index (κ2) is 8.56. The van der Waals surface area contributed by atoms with Crippen LogP contribution in [0.3, 0.4) is 0 Å². The van der Waals surface area contributed by atoms with E-state index in [9.17, 15) is 8.78 Å². The summed E-state index contributed by atoms with van der Waals surface area (Å²) in [7, 11) is 0. The molecule has 0 amide bonds. The van der Waals surface area contributed by atoms with Gasteiger partial charge in [0.15, 0.2) is 5.84 Å². The maximum absolute atomic E-state index is 14.0. The number of piperidine rings is 1. The first-order valence-electron chi connectivity index (χ1n) is 12.9. The number of rotatable bonds is 5. The van der Waals surface area contributed by atoms with E-state index in [0.717, 1.165) is 37.1 Å². The van der Waals surface area contributed by atoms with Gasteiger partial charge in [-0.1, -0.05) is 30.3 Å². The van der Waals surface area contributed by atoms with E-state index in [4.69, 9.17) is 11.7 Å². The molecule has 0 radical (unpaired) electrons. The number of fused-ring (bicyclic) bond motifs is 1. The zero-order valence-electron chi connectivity index (χ0n) is 20.7. The van der Waals surface area contributed by atoms with E-state index in [1.165, 1.54) is 40.4 Å². The lowest BCUT2D eigenvalue weighted by molar-refractivity contribution is -0.186. The molecule has 8 heteroatoms. The molecule has 2 saturated carbocycles. The fraction of sp³-hybridized carbons (Fsp3) is 0.464. The van der Waals surface area contributed by atoms with Crippen LogP contribution in [0, 0.1) is 12.3 Å². The van der Waals surface area contributed by atoms with Crippen LogP contribution in [-0.4, -0.2) is 28.2 Å². The zero-order valence-corrected chi connectivity index (χ0v) is 20.7. The number of H-pyrrole nitrogens is 1. The van der Waals surface area contributed by atoms with Gasteiger partial charge in [0.25, 0.3) is 0 Å². The Hall–Kier alpha value is -2.97. The predicted octanol–water partition coefficient (Wildman–Crippen LogP) is 5.19. The van der Waals surface area contributed by atoms with Crippen LogP contribution < -0.4 is 17.1 Å². The molecule has 1 atom stereocenters. The maximum atomic E-state index is 14.0. The second-order valence-electron chi connectivity index (χ2n) is 11.2. The van der Waals surface area contributed by atoms with Crippen LogP contribution in [0.1, 0.15) is 78.3 Å². The minimum atomic E-state index is -2.52. The summed E-state index contributed by atoms with van der Waals surface area (Å²) in [4.78, 5) is 5.94. The summed E-state index contributed by atoms with van der Waals surface area (Å²) >= 11 is 0. The standard InChI is InChI=1S/C28H34F2N6/c1-17-12-22(18-2-3-18)23(21-8-10-33-25(17)21)14-36-11-9-27(15-28(29,30)16-27)13-24(36)19-4-6-20(7-5-19)26(34-31)35-32/h4-8,10,12,18,24,33H,2-3,9,11,13-16,31-32H2,1H3,(H,34,35). The first-order valence-corrected chi connectivity index (χ1v) is 12.9. The van der Waals surface area contributed by atoms with Crippen molar-refractivity contribution in [1.82, 2.24) is 15.3 Å². The largest absolute Gasteiger partial charge is 0.361 e. The lowest BCUT2D eigenvalue weighted by Crippen LogP contribution is -2.53. The second-order valence-corrected chi connectivity index (χ2v) is 11.2. The Labute approximate surface area is 210 Å². The number of aromatic nitrogens is 1. The van der Waals surface area contributed by atoms with Crippen LogP contribution in [0.5, 0.6) is 0 Å². The predicted molar refractivity (Wildman–Crippen MR) is 138 cm³/mol. The SMILES string of the molecule is Cc1cc(C2CC2)c(CN2CCC3(CC2c2ccc(/C(=N/N)NN)cc2)CC(F)(F)C3)c2cc[nH]c12. The minimum Gasteiger partial charge on any atom is -0.361 e. The molecule has 1 spiro atoms. The molecule has 2 aliphatic carbocycles. The molecule has 3 fully saturated rings. The van der Waals surface area contributed by atoms with Crippen LogP contribution in [0.4, 0.5) is 8.78 Å². The number of nitrogens with one attached hydrogen (secondary N) is 2. The van der Waals surface area contributed by atoms with Crippen molar-refractivity contribution in [2.75, 3.05) is 6.54 Å². The molecule has 1 unspecified atom stereocenters. The maximum Gasteiger partial charge on any atom is 0.249 e. The van der Waals surface area contributed by atoms with Crippen LogP contribution in [0.2, 0.25) is 0 Å². The third-order valence-corrected chi connectivity index (χ3v) is 8.66. The van der Waals surface area contributed by atoms with E-state index in [1.807, 2.05) is 18.3 Å². The molecule has 0 bridgehead atoms. The van der Waals surface area contributed by atoms with Crippen LogP contribution >= 0.6 is 0 Å². The Kier molecular flexibility index (Phi) is 5.57. The van der Waals surface area contributed by atoms with E-state index < -0.39 is 5.92 Å². The number of hydrazine groups is 1. The average Bonchev–Trinajstić information content (AvgIpc) is 3.57. The van der Waals surface area contributed by atoms with Crippen molar-refractivity contribution in [3.05, 3.63) is 70.4 Å². The van der Waals surface area contributed by atoms with Crippen LogP contribution in [0.25, 0.3) is 10.9 Å². The van der Waals surface area contributed by atoms with Gasteiger partial charge >= 0.3 is 0 Å². The molecular weight excluding hydrogens is 458 g/mol. The smallest absolute Gasteiger partial charge is 0.249 e. The number of aryl methyl sites for hydroxylation is 1. The number of alkyl halides is 2. The summed E-state index contributed by atoms with van der Waals surface area (Å²) in [6.07, 6.45) is 6.08. The van der Waals surface area contributed by atoms with Crippen molar-refractivity contribution in [2.45, 2.75) is 69.9 Å². The van der Waals surface area contributed by atoms with Crippen molar-refractivity contribution >= 4 is 16.7 Å². The molecule has 1 saturated heterocycles. The monoisotopic (exact) mass is 492 g/mol. The van der Waals surface area contributed by atoms with Crippen molar-refractivity contribution in [1.29, 1.82) is 0 Å². The van der Waals surface area contributed by atoms with Crippen LogP contribution in [0.15, 0.2) is 47.7 Å². The molecule has 2 aromatic carbocycles. The van der Waals surface area contributed by atoms with Crippen molar-refractivity contribution in [3.8, 4) is 0 Å². The normalized spacial score (nSPS) is 23.7. The van der Waals surface area contributed by atoms with E-state index in [0.29, 0.717) is 11.8 Å². The van der Waals surface area contributed by atoms with Gasteiger partial charge in [0.1, 0.15) is 0 Å². The van der Waals surface area contributed by atoms with E-state index in [-0.39, 0.29) is 24.3 Å². The van der Waals surface area contributed by atoms with Gasteiger partial charge in [-0.3, -0.25) is 4.90 Å². The molecule has 3 aliphatic rings. The van der Waals surface area contributed by atoms with Crippen LogP contribution in [-0.2, 0) is 6.54 Å². The molecular formula is C28H34F2N6. The Bertz CT molecular complexity index is 1300. The van der Waals surface area contributed by atoms with Gasteiger partial charge in [-0.15, -0.1) is 0 Å². The number of benzene rings is 2. The highest BCUT2D eigenvalue weighted by Crippen LogP contribution is 2.60. The molecule has 6 N–H and O–H groups in total. The van der Waals surface area contributed by atoms with E-state index in [1.54, 1.807) is 0 Å². The number of amidine groups is 1. The number of nitrogens with two attached hydrogens (primary N) is 2. The van der Waals surface area contributed by atoms with Crippen molar-refractivity contribution in [3.63, 3.8) is 0 Å². The van der Waals surface area contributed by atoms with Gasteiger partial charge < -0.3 is 16.3 Å². The summed E-state index contributed by atoms with van der Waals surface area (Å²) in [5, 5.41) is 4.99. The Morgan fingerprint density at radius 1 is 1.19 bits per heavy atom. The van der Waals surface area contributed by atoms with Gasteiger partial charge in [0.2, 0.25) is 5.92 Å². The lowest BCUT2D eigenvalue weighted by Gasteiger charge is -2.54. The Morgan fingerprint density at radius 3 is 2.58 bits per heavy atom. The zero-order chi connectivity index (χ0) is 25.1. The highest BCUT2D eigenvalue weighted by Gasteiger charge is 2.58. The number of hydrazone groups is 1. The molecule has 36 heavy (non-hydrogen) atoms. The van der Waals surface area contributed by atoms with Gasteiger partial charge in [-0.2, -0.15) is 5.10 Å². The Morgan fingerprint density at radius 2 is 1.94 bits per heavy atom. The number of hydrogen-bond acceptors (Lipinski definition) is 4. The summed E-state index contributed by atoms with van der Waals surface area (Å²) in [6, 6.07) is 12.6.